The highest BCUT2D eigenvalue weighted by Crippen LogP contribution is 2.36. The Hall–Kier alpha value is -0.880. The molecule has 0 saturated carbocycles. The Bertz CT molecular complexity index is 376. The molecule has 0 aliphatic carbocycles. The van der Waals surface area contributed by atoms with Gasteiger partial charge in [-0.2, -0.15) is 13.2 Å². The van der Waals surface area contributed by atoms with Gasteiger partial charge in [0.2, 0.25) is 0 Å². The first-order valence-corrected chi connectivity index (χ1v) is 4.01. The first-order valence-electron chi connectivity index (χ1n) is 3.63. The predicted octanol–water partition coefficient (Wildman–Crippen LogP) is 3.21. The average Bonchev–Trinajstić information content (AvgIpc) is 2.10. The first kappa shape index (κ1) is 12.2. The summed E-state index contributed by atoms with van der Waals surface area (Å²) < 4.78 is 61.9. The Labute approximate surface area is 86.1 Å². The minimum Gasteiger partial charge on any atom is -0.379 e. The van der Waals surface area contributed by atoms with E-state index >= 15 is 0 Å². The summed E-state index contributed by atoms with van der Waals surface area (Å²) in [5, 5.41) is 7.99. The van der Waals surface area contributed by atoms with Crippen molar-refractivity contribution in [3.05, 3.63) is 34.4 Å². The van der Waals surface area contributed by atoms with E-state index < -0.39 is 34.5 Å². The number of aliphatic hydroxyl groups excluding tert-OH is 1. The molecule has 84 valence electrons. The van der Waals surface area contributed by atoms with Crippen LogP contribution in [0.4, 0.5) is 22.0 Å². The second-order valence-corrected chi connectivity index (χ2v) is 3.11. The summed E-state index contributed by atoms with van der Waals surface area (Å²) in [5.74, 6) is -3.11. The molecule has 1 atom stereocenters. The first-order chi connectivity index (χ1) is 6.75. The van der Waals surface area contributed by atoms with Crippen LogP contribution in [-0.4, -0.2) is 11.3 Å². The Morgan fingerprint density at radius 3 is 2.20 bits per heavy atom. The lowest BCUT2D eigenvalue weighted by molar-refractivity contribution is -0.208. The lowest BCUT2D eigenvalue weighted by Gasteiger charge is -2.16. The predicted molar refractivity (Wildman–Crippen MR) is 42.4 cm³/mol. The Kier molecular flexibility index (Phi) is 3.20. The van der Waals surface area contributed by atoms with Gasteiger partial charge in [-0.3, -0.25) is 0 Å². The molecule has 0 fully saturated rings. The molecule has 1 nitrogen and oxygen atoms in total. The van der Waals surface area contributed by atoms with E-state index in [2.05, 4.69) is 0 Å². The maximum absolute atomic E-state index is 13.0. The summed E-state index contributed by atoms with van der Waals surface area (Å²) in [7, 11) is 0. The van der Waals surface area contributed by atoms with Crippen LogP contribution in [0.15, 0.2) is 12.1 Å². The van der Waals surface area contributed by atoms with E-state index in [0.717, 1.165) is 6.07 Å². The lowest BCUT2D eigenvalue weighted by Crippen LogP contribution is -2.22. The molecule has 0 heterocycles. The molecule has 0 aliphatic rings. The van der Waals surface area contributed by atoms with Crippen molar-refractivity contribution in [2.45, 2.75) is 12.3 Å². The second-order valence-electron chi connectivity index (χ2n) is 2.70. The van der Waals surface area contributed by atoms with E-state index in [0.29, 0.717) is 6.07 Å². The van der Waals surface area contributed by atoms with Crippen molar-refractivity contribution in [3.8, 4) is 0 Å². The molecule has 15 heavy (non-hydrogen) atoms. The van der Waals surface area contributed by atoms with E-state index in [4.69, 9.17) is 16.7 Å². The minimum absolute atomic E-state index is 0.551. The third kappa shape index (κ3) is 2.38. The van der Waals surface area contributed by atoms with Crippen LogP contribution in [0.3, 0.4) is 0 Å². The van der Waals surface area contributed by atoms with Gasteiger partial charge in [-0.05, 0) is 12.1 Å². The summed E-state index contributed by atoms with van der Waals surface area (Å²) >= 11 is 5.16. The van der Waals surface area contributed by atoms with E-state index in [-0.39, 0.29) is 0 Å². The van der Waals surface area contributed by atoms with Crippen molar-refractivity contribution in [2.75, 3.05) is 0 Å². The van der Waals surface area contributed by atoms with Gasteiger partial charge in [0.25, 0.3) is 0 Å². The topological polar surface area (TPSA) is 20.2 Å². The molecule has 0 amide bonds. The average molecular weight is 247 g/mol. The van der Waals surface area contributed by atoms with Crippen LogP contribution < -0.4 is 0 Å². The molecule has 0 radical (unpaired) electrons. The van der Waals surface area contributed by atoms with Crippen LogP contribution in [0.5, 0.6) is 0 Å². The van der Waals surface area contributed by atoms with Gasteiger partial charge in [0.15, 0.2) is 11.9 Å². The number of aliphatic hydroxyl groups is 1. The van der Waals surface area contributed by atoms with Gasteiger partial charge in [-0.15, -0.1) is 0 Å². The van der Waals surface area contributed by atoms with Gasteiger partial charge < -0.3 is 5.11 Å². The van der Waals surface area contributed by atoms with E-state index in [1.807, 2.05) is 0 Å². The molecule has 0 aliphatic heterocycles. The summed E-state index contributed by atoms with van der Waals surface area (Å²) in [6, 6.07) is 1.31. The standard InChI is InChI=1S/C8H4ClF5O/c9-3-1-2-4(10)5(6(3)11)7(15)8(12,13)14/h1-2,7,15H. The summed E-state index contributed by atoms with van der Waals surface area (Å²) in [6.45, 7) is 0. The van der Waals surface area contributed by atoms with Crippen molar-refractivity contribution in [3.63, 3.8) is 0 Å². The SMILES string of the molecule is OC(c1c(F)ccc(Cl)c1F)C(F)(F)F. The maximum Gasteiger partial charge on any atom is 0.418 e. The van der Waals surface area contributed by atoms with Gasteiger partial charge in [0.05, 0.1) is 10.6 Å². The number of rotatable bonds is 1. The number of benzene rings is 1. The zero-order chi connectivity index (χ0) is 11.8. The molecule has 1 N–H and O–H groups in total. The summed E-state index contributed by atoms with van der Waals surface area (Å²) in [6.07, 6.45) is -8.37. The van der Waals surface area contributed by atoms with Gasteiger partial charge in [0, 0.05) is 0 Å². The normalized spacial score (nSPS) is 14.1. The number of halogens is 6. The van der Waals surface area contributed by atoms with E-state index in [1.54, 1.807) is 0 Å². The van der Waals surface area contributed by atoms with Crippen molar-refractivity contribution < 1.29 is 27.1 Å². The van der Waals surface area contributed by atoms with Crippen molar-refractivity contribution >= 4 is 11.6 Å². The maximum atomic E-state index is 13.0. The number of hydrogen-bond acceptors (Lipinski definition) is 1. The fourth-order valence-electron chi connectivity index (χ4n) is 0.957. The van der Waals surface area contributed by atoms with E-state index in [9.17, 15) is 22.0 Å². The van der Waals surface area contributed by atoms with Crippen LogP contribution in [0.2, 0.25) is 5.02 Å². The Morgan fingerprint density at radius 2 is 1.73 bits per heavy atom. The van der Waals surface area contributed by atoms with Gasteiger partial charge >= 0.3 is 6.18 Å². The highest BCUT2D eigenvalue weighted by molar-refractivity contribution is 6.30. The van der Waals surface area contributed by atoms with Gasteiger partial charge in [0.1, 0.15) is 5.82 Å². The molecular weight excluding hydrogens is 243 g/mol. The molecule has 1 aromatic carbocycles. The monoisotopic (exact) mass is 246 g/mol. The van der Waals surface area contributed by atoms with Crippen LogP contribution in [0.25, 0.3) is 0 Å². The highest BCUT2D eigenvalue weighted by atomic mass is 35.5. The van der Waals surface area contributed by atoms with Crippen LogP contribution in [-0.2, 0) is 0 Å². The fourth-order valence-corrected chi connectivity index (χ4v) is 1.12. The molecule has 0 spiro atoms. The quantitative estimate of drug-likeness (QED) is 0.596. The zero-order valence-electron chi connectivity index (χ0n) is 6.95. The molecule has 0 bridgehead atoms. The zero-order valence-corrected chi connectivity index (χ0v) is 7.70. The van der Waals surface area contributed by atoms with Crippen LogP contribution >= 0.6 is 11.6 Å². The van der Waals surface area contributed by atoms with Crippen LogP contribution in [0.1, 0.15) is 11.7 Å². The second kappa shape index (κ2) is 3.94. The molecule has 7 heteroatoms. The summed E-state index contributed by atoms with van der Waals surface area (Å²) in [5.41, 5.74) is -1.49. The van der Waals surface area contributed by atoms with Crippen LogP contribution in [0, 0.1) is 11.6 Å². The third-order valence-corrected chi connectivity index (χ3v) is 1.95. The Balaban J connectivity index is 3.31. The van der Waals surface area contributed by atoms with Crippen molar-refractivity contribution in [2.24, 2.45) is 0 Å². The largest absolute Gasteiger partial charge is 0.418 e. The number of hydrogen-bond donors (Lipinski definition) is 1. The van der Waals surface area contributed by atoms with Gasteiger partial charge in [-0.25, -0.2) is 8.78 Å². The number of alkyl halides is 3. The van der Waals surface area contributed by atoms with Gasteiger partial charge in [-0.1, -0.05) is 11.6 Å². The lowest BCUT2D eigenvalue weighted by atomic mass is 10.1. The fraction of sp³-hybridized carbons (Fsp3) is 0.250. The molecule has 0 saturated heterocycles. The molecular formula is C8H4ClF5O. The Morgan fingerprint density at radius 1 is 1.20 bits per heavy atom. The molecule has 0 aromatic heterocycles. The summed E-state index contributed by atoms with van der Waals surface area (Å²) in [4.78, 5) is 0. The van der Waals surface area contributed by atoms with Crippen molar-refractivity contribution in [1.82, 2.24) is 0 Å². The molecule has 1 rings (SSSR count). The molecule has 1 aromatic rings. The third-order valence-electron chi connectivity index (χ3n) is 1.66. The van der Waals surface area contributed by atoms with Crippen molar-refractivity contribution in [1.29, 1.82) is 0 Å². The highest BCUT2D eigenvalue weighted by Gasteiger charge is 2.42. The minimum atomic E-state index is -5.15. The smallest absolute Gasteiger partial charge is 0.379 e. The molecule has 1 unspecified atom stereocenters. The van der Waals surface area contributed by atoms with E-state index in [1.165, 1.54) is 0 Å².